The van der Waals surface area contributed by atoms with Crippen LogP contribution >= 0.6 is 0 Å². The lowest BCUT2D eigenvalue weighted by Crippen LogP contribution is -2.34. The van der Waals surface area contributed by atoms with E-state index >= 15 is 0 Å². The molecule has 0 saturated heterocycles. The van der Waals surface area contributed by atoms with E-state index in [9.17, 15) is 9.59 Å². The third-order valence-corrected chi connectivity index (χ3v) is 6.21. The Kier molecular flexibility index (Phi) is 4.64. The van der Waals surface area contributed by atoms with E-state index in [1.165, 1.54) is 16.0 Å². The van der Waals surface area contributed by atoms with Gasteiger partial charge in [-0.05, 0) is 59.1 Å². The fourth-order valence-electron chi connectivity index (χ4n) is 4.10. The smallest absolute Gasteiger partial charge is 0.296 e. The van der Waals surface area contributed by atoms with Crippen molar-refractivity contribution in [3.8, 4) is 11.4 Å². The quantitative estimate of drug-likeness (QED) is 0.708. The van der Waals surface area contributed by atoms with E-state index in [0.717, 1.165) is 12.8 Å². The number of aromatic nitrogens is 3. The molecule has 0 radical (unpaired) electrons. The number of hydrogen-bond acceptors (Lipinski definition) is 5. The van der Waals surface area contributed by atoms with Crippen molar-refractivity contribution >= 4 is 11.7 Å². The molecule has 1 aliphatic rings. The zero-order chi connectivity index (χ0) is 21.7. The number of benzene rings is 1. The first-order valence-corrected chi connectivity index (χ1v) is 10.0. The Labute approximate surface area is 175 Å². The summed E-state index contributed by atoms with van der Waals surface area (Å²) in [7, 11) is 1.71. The Balaban J connectivity index is 1.62. The summed E-state index contributed by atoms with van der Waals surface area (Å²) in [5.74, 6) is 0.0615. The number of fused-ring (bicyclic) bond motifs is 1. The van der Waals surface area contributed by atoms with Crippen LogP contribution in [0.5, 0.6) is 0 Å². The minimum absolute atomic E-state index is 0.0358. The molecule has 1 aromatic carbocycles. The van der Waals surface area contributed by atoms with Gasteiger partial charge in [-0.3, -0.25) is 19.2 Å². The van der Waals surface area contributed by atoms with Crippen LogP contribution in [0.15, 0.2) is 45.8 Å². The number of carbonyl (C=O) groups excluding carboxylic acids is 1. The number of hydrogen-bond donors (Lipinski definition) is 1. The highest BCUT2D eigenvalue weighted by Crippen LogP contribution is 2.46. The Morgan fingerprint density at radius 3 is 2.37 bits per heavy atom. The van der Waals surface area contributed by atoms with Gasteiger partial charge in [-0.2, -0.15) is 0 Å². The minimum atomic E-state index is -0.625. The number of rotatable bonds is 3. The zero-order valence-corrected chi connectivity index (χ0v) is 17.9. The van der Waals surface area contributed by atoms with Crippen molar-refractivity contribution in [3.63, 3.8) is 0 Å². The van der Waals surface area contributed by atoms with Crippen LogP contribution in [0.25, 0.3) is 11.4 Å². The summed E-state index contributed by atoms with van der Waals surface area (Å²) in [5.41, 5.74) is 3.96. The predicted octanol–water partition coefficient (Wildman–Crippen LogP) is 4.05. The molecule has 1 N–H and O–H groups in total. The normalized spacial score (nSPS) is 16.7. The molecule has 2 heterocycles. The Bertz CT molecular complexity index is 1160. The van der Waals surface area contributed by atoms with E-state index < -0.39 is 5.76 Å². The molecule has 1 aliphatic carbocycles. The monoisotopic (exact) mass is 406 g/mol. The van der Waals surface area contributed by atoms with E-state index in [0.29, 0.717) is 22.8 Å². The van der Waals surface area contributed by atoms with Crippen molar-refractivity contribution in [3.05, 3.63) is 63.8 Å². The van der Waals surface area contributed by atoms with Crippen LogP contribution in [0.3, 0.4) is 0 Å². The number of pyridine rings is 1. The molecule has 7 nitrogen and oxygen atoms in total. The molecular formula is C23H26N4O3. The molecule has 0 spiro atoms. The van der Waals surface area contributed by atoms with Gasteiger partial charge < -0.3 is 0 Å². The molecule has 0 fully saturated rings. The van der Waals surface area contributed by atoms with Crippen LogP contribution in [0.2, 0.25) is 0 Å². The molecule has 2 aromatic heterocycles. The lowest BCUT2D eigenvalue weighted by molar-refractivity contribution is 0.0992. The highest BCUT2D eigenvalue weighted by atomic mass is 16.5. The lowest BCUT2D eigenvalue weighted by Gasteiger charge is -2.42. The molecule has 0 unspecified atom stereocenters. The number of H-pyrrole nitrogens is 1. The molecule has 0 aliphatic heterocycles. The largest absolute Gasteiger partial charge is 0.439 e. The number of aromatic amines is 1. The van der Waals surface area contributed by atoms with Crippen molar-refractivity contribution in [2.24, 2.45) is 0 Å². The maximum atomic E-state index is 13.2. The van der Waals surface area contributed by atoms with Gasteiger partial charge in [-0.25, -0.2) is 9.78 Å². The van der Waals surface area contributed by atoms with Gasteiger partial charge in [0.15, 0.2) is 5.82 Å². The zero-order valence-electron chi connectivity index (χ0n) is 17.9. The van der Waals surface area contributed by atoms with Crippen LogP contribution < -0.4 is 10.7 Å². The fraction of sp³-hybridized carbons (Fsp3) is 0.391. The lowest BCUT2D eigenvalue weighted by atomic mass is 9.63. The van der Waals surface area contributed by atoms with E-state index in [2.05, 4.69) is 53.4 Å². The predicted molar refractivity (Wildman–Crippen MR) is 115 cm³/mol. The first kappa shape index (κ1) is 20.1. The molecule has 7 heteroatoms. The summed E-state index contributed by atoms with van der Waals surface area (Å²) < 4.78 is 4.52. The van der Waals surface area contributed by atoms with Crippen molar-refractivity contribution < 1.29 is 9.32 Å². The standard InChI is InChI=1S/C23H26N4O3/c1-22(2)10-11-23(3,4)17-12-14(6-8-16(17)22)20(28)27(5)18-9-7-15(13-24-18)19-25-21(29)30-26-19/h6-9,12-13H,10-11H2,1-5H3,(H,25,26,29). The molecular weight excluding hydrogens is 380 g/mol. The molecule has 30 heavy (non-hydrogen) atoms. The second-order valence-corrected chi connectivity index (χ2v) is 9.24. The first-order valence-electron chi connectivity index (χ1n) is 10.0. The third-order valence-electron chi connectivity index (χ3n) is 6.21. The fourth-order valence-corrected chi connectivity index (χ4v) is 4.10. The van der Waals surface area contributed by atoms with Gasteiger partial charge in [0.1, 0.15) is 5.82 Å². The van der Waals surface area contributed by atoms with Crippen LogP contribution in [0, 0.1) is 0 Å². The molecule has 156 valence electrons. The number of nitrogens with zero attached hydrogens (tertiary/aromatic N) is 3. The highest BCUT2D eigenvalue weighted by Gasteiger charge is 2.37. The molecule has 0 atom stereocenters. The number of nitrogens with one attached hydrogen (secondary N) is 1. The summed E-state index contributed by atoms with van der Waals surface area (Å²) in [5, 5.41) is 3.65. The van der Waals surface area contributed by atoms with Crippen LogP contribution in [-0.2, 0) is 10.8 Å². The van der Waals surface area contributed by atoms with E-state index in [-0.39, 0.29) is 16.7 Å². The van der Waals surface area contributed by atoms with Crippen LogP contribution in [-0.4, -0.2) is 28.1 Å². The first-order chi connectivity index (χ1) is 14.1. The summed E-state index contributed by atoms with van der Waals surface area (Å²) in [6.07, 6.45) is 3.77. The van der Waals surface area contributed by atoms with Crippen molar-refractivity contribution in [1.82, 2.24) is 15.1 Å². The molecule has 1 amide bonds. The maximum absolute atomic E-state index is 13.2. The Morgan fingerprint density at radius 2 is 1.77 bits per heavy atom. The Morgan fingerprint density at radius 1 is 1.07 bits per heavy atom. The van der Waals surface area contributed by atoms with Gasteiger partial charge in [0.25, 0.3) is 5.91 Å². The van der Waals surface area contributed by atoms with Gasteiger partial charge in [0, 0.05) is 24.4 Å². The van der Waals surface area contributed by atoms with Crippen molar-refractivity contribution in [2.75, 3.05) is 11.9 Å². The number of anilines is 1. The SMILES string of the molecule is CN(C(=O)c1ccc2c(c1)C(C)(C)CCC2(C)C)c1ccc(-c2noc(=O)[nH]2)cn1. The highest BCUT2D eigenvalue weighted by molar-refractivity contribution is 6.05. The summed E-state index contributed by atoms with van der Waals surface area (Å²) in [4.78, 5) is 32.6. The number of carbonyl (C=O) groups is 1. The van der Waals surface area contributed by atoms with E-state index in [4.69, 9.17) is 0 Å². The van der Waals surface area contributed by atoms with Gasteiger partial charge >= 0.3 is 5.76 Å². The topological polar surface area (TPSA) is 92.1 Å². The second kappa shape index (κ2) is 6.93. The molecule has 0 saturated carbocycles. The third kappa shape index (κ3) is 3.44. The van der Waals surface area contributed by atoms with Crippen LogP contribution in [0.4, 0.5) is 5.82 Å². The van der Waals surface area contributed by atoms with Gasteiger partial charge in [0.05, 0.1) is 0 Å². The van der Waals surface area contributed by atoms with E-state index in [1.54, 1.807) is 25.4 Å². The van der Waals surface area contributed by atoms with Crippen molar-refractivity contribution in [2.45, 2.75) is 51.4 Å². The summed E-state index contributed by atoms with van der Waals surface area (Å²) in [6, 6.07) is 9.51. The molecule has 4 rings (SSSR count). The second-order valence-electron chi connectivity index (χ2n) is 9.24. The number of amides is 1. The summed E-state index contributed by atoms with van der Waals surface area (Å²) in [6.45, 7) is 9.02. The molecule has 0 bridgehead atoms. The van der Waals surface area contributed by atoms with Gasteiger partial charge in [0.2, 0.25) is 0 Å². The minimum Gasteiger partial charge on any atom is -0.296 e. The van der Waals surface area contributed by atoms with Crippen molar-refractivity contribution in [1.29, 1.82) is 0 Å². The van der Waals surface area contributed by atoms with E-state index in [1.807, 2.05) is 12.1 Å². The molecule has 3 aromatic rings. The average molecular weight is 406 g/mol. The average Bonchev–Trinajstić information content (AvgIpc) is 3.16. The van der Waals surface area contributed by atoms with Gasteiger partial charge in [-0.15, -0.1) is 0 Å². The summed E-state index contributed by atoms with van der Waals surface area (Å²) >= 11 is 0. The maximum Gasteiger partial charge on any atom is 0.439 e. The van der Waals surface area contributed by atoms with Gasteiger partial charge in [-0.1, -0.05) is 38.9 Å². The Hall–Kier alpha value is -3.22. The van der Waals surface area contributed by atoms with Crippen LogP contribution in [0.1, 0.15) is 62.0 Å².